The van der Waals surface area contributed by atoms with Gasteiger partial charge in [0, 0.05) is 6.42 Å². The zero-order chi connectivity index (χ0) is 27.1. The van der Waals surface area contributed by atoms with Crippen LogP contribution in [0.3, 0.4) is 0 Å². The fraction of sp³-hybridized carbons (Fsp3) is 0.583. The largest absolute Gasteiger partial charge is 0.480 e. The van der Waals surface area contributed by atoms with Gasteiger partial charge in [-0.2, -0.15) is 11.8 Å². The molecule has 5 atom stereocenters. The van der Waals surface area contributed by atoms with Crippen LogP contribution in [0.5, 0.6) is 0 Å². The van der Waals surface area contributed by atoms with E-state index in [0.29, 0.717) is 37.1 Å². The fourth-order valence-electron chi connectivity index (χ4n) is 3.39. The van der Waals surface area contributed by atoms with Gasteiger partial charge in [0.25, 0.3) is 0 Å². The molecule has 1 aromatic carbocycles. The molecule has 0 bridgehead atoms. The van der Waals surface area contributed by atoms with Crippen LogP contribution in [0, 0.1) is 0 Å². The summed E-state index contributed by atoms with van der Waals surface area (Å²) in [6, 6.07) is 4.24. The molecule has 9 N–H and O–H groups in total. The van der Waals surface area contributed by atoms with Crippen LogP contribution in [0.4, 0.5) is 0 Å². The number of thioether (sulfide) groups is 1. The summed E-state index contributed by atoms with van der Waals surface area (Å²) in [6.45, 7) is 1.71. The van der Waals surface area contributed by atoms with E-state index in [1.165, 1.54) is 6.92 Å². The predicted molar refractivity (Wildman–Crippen MR) is 139 cm³/mol. The summed E-state index contributed by atoms with van der Waals surface area (Å²) in [6.07, 6.45) is 2.43. The van der Waals surface area contributed by atoms with Gasteiger partial charge in [0.2, 0.25) is 17.7 Å². The van der Waals surface area contributed by atoms with Crippen molar-refractivity contribution in [2.45, 2.75) is 69.3 Å². The summed E-state index contributed by atoms with van der Waals surface area (Å²) in [4.78, 5) is 50.1. The van der Waals surface area contributed by atoms with Gasteiger partial charge in [0.15, 0.2) is 0 Å². The third-order valence-electron chi connectivity index (χ3n) is 5.51. The lowest BCUT2D eigenvalue weighted by molar-refractivity contribution is -0.143. The second-order valence-corrected chi connectivity index (χ2v) is 9.54. The first-order chi connectivity index (χ1) is 17.1. The van der Waals surface area contributed by atoms with Crippen molar-refractivity contribution in [3.8, 4) is 0 Å². The van der Waals surface area contributed by atoms with Gasteiger partial charge in [-0.05, 0) is 56.7 Å². The molecule has 0 aliphatic carbocycles. The Morgan fingerprint density at radius 3 is 2.14 bits per heavy atom. The van der Waals surface area contributed by atoms with Crippen LogP contribution in [-0.2, 0) is 25.6 Å². The lowest BCUT2D eigenvalue weighted by atomic mass is 10.0. The molecule has 11 nitrogen and oxygen atoms in total. The van der Waals surface area contributed by atoms with Crippen molar-refractivity contribution in [1.29, 1.82) is 0 Å². The number of aliphatic hydroxyl groups excluding tert-OH is 1. The maximum absolute atomic E-state index is 13.0. The Bertz CT molecular complexity index is 842. The molecule has 0 spiro atoms. The minimum Gasteiger partial charge on any atom is -0.480 e. The Labute approximate surface area is 216 Å². The minimum atomic E-state index is -1.44. The number of unbranched alkanes of at least 4 members (excludes halogenated alkanes) is 1. The van der Waals surface area contributed by atoms with Gasteiger partial charge in [-0.15, -0.1) is 0 Å². The summed E-state index contributed by atoms with van der Waals surface area (Å²) in [5.41, 5.74) is 12.1. The Morgan fingerprint density at radius 2 is 1.58 bits per heavy atom. The number of carbonyl (C=O) groups is 4. The van der Waals surface area contributed by atoms with Crippen molar-refractivity contribution in [3.05, 3.63) is 35.9 Å². The average Bonchev–Trinajstić information content (AvgIpc) is 2.84. The molecule has 202 valence electrons. The van der Waals surface area contributed by atoms with Crippen LogP contribution in [-0.4, -0.2) is 82.7 Å². The molecule has 1 aromatic rings. The van der Waals surface area contributed by atoms with Crippen LogP contribution >= 0.6 is 11.8 Å². The highest BCUT2D eigenvalue weighted by molar-refractivity contribution is 7.98. The van der Waals surface area contributed by atoms with Crippen molar-refractivity contribution in [2.24, 2.45) is 11.5 Å². The number of aliphatic hydroxyl groups is 1. The molecule has 0 aliphatic heterocycles. The van der Waals surface area contributed by atoms with Gasteiger partial charge in [-0.3, -0.25) is 14.4 Å². The topological polar surface area (TPSA) is 197 Å². The quantitative estimate of drug-likeness (QED) is 0.129. The van der Waals surface area contributed by atoms with E-state index in [1.807, 2.05) is 6.26 Å². The number of carboxylic acid groups (broad SMARTS) is 1. The van der Waals surface area contributed by atoms with Gasteiger partial charge >= 0.3 is 5.97 Å². The van der Waals surface area contributed by atoms with Gasteiger partial charge in [-0.25, -0.2) is 4.79 Å². The lowest BCUT2D eigenvalue weighted by Gasteiger charge is -2.26. The van der Waals surface area contributed by atoms with Crippen LogP contribution in [0.2, 0.25) is 0 Å². The van der Waals surface area contributed by atoms with Crippen molar-refractivity contribution in [2.75, 3.05) is 18.6 Å². The number of aliphatic carboxylic acids is 1. The second-order valence-electron chi connectivity index (χ2n) is 8.55. The van der Waals surface area contributed by atoms with Crippen molar-refractivity contribution in [1.82, 2.24) is 16.0 Å². The maximum Gasteiger partial charge on any atom is 0.326 e. The second kappa shape index (κ2) is 16.9. The van der Waals surface area contributed by atoms with Crippen LogP contribution in [0.25, 0.3) is 0 Å². The molecule has 0 aromatic heterocycles. The van der Waals surface area contributed by atoms with Crippen LogP contribution in [0.1, 0.15) is 38.2 Å². The Morgan fingerprint density at radius 1 is 0.944 bits per heavy atom. The van der Waals surface area contributed by atoms with E-state index >= 15 is 0 Å². The fourth-order valence-corrected chi connectivity index (χ4v) is 3.88. The smallest absolute Gasteiger partial charge is 0.326 e. The lowest BCUT2D eigenvalue weighted by Crippen LogP contribution is -2.60. The zero-order valence-electron chi connectivity index (χ0n) is 20.8. The normalized spacial score (nSPS) is 15.1. The van der Waals surface area contributed by atoms with Gasteiger partial charge < -0.3 is 37.6 Å². The molecular weight excluding hydrogens is 486 g/mol. The number of carboxylic acids is 1. The number of nitrogens with two attached hydrogens (primary N) is 2. The van der Waals surface area contributed by atoms with Gasteiger partial charge in [0.1, 0.15) is 18.1 Å². The summed E-state index contributed by atoms with van der Waals surface area (Å²) in [5, 5.41) is 27.2. The minimum absolute atomic E-state index is 0.0219. The molecule has 5 unspecified atom stereocenters. The van der Waals surface area contributed by atoms with E-state index in [4.69, 9.17) is 11.5 Å². The van der Waals surface area contributed by atoms with Crippen molar-refractivity contribution in [3.63, 3.8) is 0 Å². The standard InChI is InChI=1S/C24H39N5O6S/c1-15(30)20(23(33)28-19(24(34)35)14-16-8-4-3-5-9-16)29-22(32)18(10-6-7-12-25)27-21(31)17(26)11-13-36-2/h3-5,8-9,15,17-20,30H,6-7,10-14,25-26H2,1-2H3,(H,27,31)(H,28,33)(H,29,32)(H,34,35). The van der Waals surface area contributed by atoms with E-state index in [1.54, 1.807) is 42.1 Å². The van der Waals surface area contributed by atoms with Gasteiger partial charge in [0.05, 0.1) is 12.1 Å². The third kappa shape index (κ3) is 11.4. The highest BCUT2D eigenvalue weighted by Gasteiger charge is 2.32. The van der Waals surface area contributed by atoms with E-state index < -0.39 is 54.0 Å². The molecule has 36 heavy (non-hydrogen) atoms. The monoisotopic (exact) mass is 525 g/mol. The van der Waals surface area contributed by atoms with E-state index in [0.717, 1.165) is 0 Å². The number of hydrogen-bond acceptors (Lipinski definition) is 8. The molecule has 0 saturated carbocycles. The maximum atomic E-state index is 13.0. The molecule has 0 heterocycles. The number of hydrogen-bond donors (Lipinski definition) is 7. The number of carbonyl (C=O) groups excluding carboxylic acids is 3. The average molecular weight is 526 g/mol. The number of rotatable bonds is 17. The van der Waals surface area contributed by atoms with E-state index in [-0.39, 0.29) is 12.8 Å². The Hall–Kier alpha value is -2.67. The first kappa shape index (κ1) is 31.4. The number of amides is 3. The highest BCUT2D eigenvalue weighted by atomic mass is 32.2. The van der Waals surface area contributed by atoms with E-state index in [9.17, 15) is 29.4 Å². The Balaban J connectivity index is 2.93. The Kier molecular flexibility index (Phi) is 14.7. The molecule has 0 fully saturated rings. The molecule has 0 saturated heterocycles. The molecule has 12 heteroatoms. The molecule has 1 rings (SSSR count). The predicted octanol–water partition coefficient (Wildman–Crippen LogP) is -0.642. The third-order valence-corrected chi connectivity index (χ3v) is 6.15. The van der Waals surface area contributed by atoms with Crippen molar-refractivity contribution < 1.29 is 29.4 Å². The summed E-state index contributed by atoms with van der Waals surface area (Å²) in [7, 11) is 0. The summed E-state index contributed by atoms with van der Waals surface area (Å²) >= 11 is 1.54. The number of benzene rings is 1. The van der Waals surface area contributed by atoms with Crippen molar-refractivity contribution >= 4 is 35.5 Å². The van der Waals surface area contributed by atoms with Crippen LogP contribution < -0.4 is 27.4 Å². The first-order valence-corrected chi connectivity index (χ1v) is 13.3. The van der Waals surface area contributed by atoms with Gasteiger partial charge in [-0.1, -0.05) is 30.3 Å². The molecule has 0 radical (unpaired) electrons. The molecule has 0 aliphatic rings. The zero-order valence-corrected chi connectivity index (χ0v) is 21.6. The first-order valence-electron chi connectivity index (χ1n) is 11.9. The molecular formula is C24H39N5O6S. The highest BCUT2D eigenvalue weighted by Crippen LogP contribution is 2.07. The molecule has 3 amide bonds. The van der Waals surface area contributed by atoms with Crippen LogP contribution in [0.15, 0.2) is 30.3 Å². The SMILES string of the molecule is CSCCC(N)C(=O)NC(CCCCN)C(=O)NC(C(=O)NC(Cc1ccccc1)C(=O)O)C(C)O. The summed E-state index contributed by atoms with van der Waals surface area (Å²) in [5.74, 6) is -2.62. The number of nitrogens with one attached hydrogen (secondary N) is 3. The summed E-state index contributed by atoms with van der Waals surface area (Å²) < 4.78 is 0. The van der Waals surface area contributed by atoms with E-state index in [2.05, 4.69) is 16.0 Å².